The van der Waals surface area contributed by atoms with Crippen LogP contribution in [0.4, 0.5) is 11.4 Å². The van der Waals surface area contributed by atoms with E-state index >= 15 is 0 Å². The highest BCUT2D eigenvalue weighted by molar-refractivity contribution is 6.05. The standard InChI is InChI=1S/C32H39N3O2/c1-4-6-19-35(20-7-5-2)23-27-21-26(14-17-29(27)24-11-9-8-10-12-24)32(37)33-28-16-13-25-15-18-31(36)34(3)30(25)22-28/h8-14,16-17,21-22H,4-7,15,18-20,23H2,1-3H3,(H,33,37). The first-order chi connectivity index (χ1) is 18.0. The minimum absolute atomic E-state index is 0.104. The number of rotatable bonds is 11. The number of amides is 2. The number of hydrogen-bond donors (Lipinski definition) is 1. The first-order valence-corrected chi connectivity index (χ1v) is 13.6. The summed E-state index contributed by atoms with van der Waals surface area (Å²) in [6.45, 7) is 7.39. The van der Waals surface area contributed by atoms with Crippen molar-refractivity contribution in [3.05, 3.63) is 83.4 Å². The Morgan fingerprint density at radius 3 is 2.35 bits per heavy atom. The van der Waals surface area contributed by atoms with E-state index in [1.165, 1.54) is 24.0 Å². The largest absolute Gasteiger partial charge is 0.322 e. The first kappa shape index (κ1) is 26.6. The van der Waals surface area contributed by atoms with Crippen LogP contribution in [0.15, 0.2) is 66.7 Å². The molecule has 1 aliphatic heterocycles. The lowest BCUT2D eigenvalue weighted by Crippen LogP contribution is -2.31. The Balaban J connectivity index is 1.61. The van der Waals surface area contributed by atoms with Crippen LogP contribution >= 0.6 is 0 Å². The summed E-state index contributed by atoms with van der Waals surface area (Å²) < 4.78 is 0. The van der Waals surface area contributed by atoms with Crippen molar-refractivity contribution in [1.29, 1.82) is 0 Å². The summed E-state index contributed by atoms with van der Waals surface area (Å²) in [5, 5.41) is 3.06. The molecule has 5 nitrogen and oxygen atoms in total. The van der Waals surface area contributed by atoms with Crippen molar-refractivity contribution >= 4 is 23.2 Å². The molecule has 1 aliphatic rings. The lowest BCUT2D eigenvalue weighted by molar-refractivity contribution is -0.118. The molecule has 5 heteroatoms. The van der Waals surface area contributed by atoms with E-state index in [0.29, 0.717) is 17.7 Å². The smallest absolute Gasteiger partial charge is 0.255 e. The number of anilines is 2. The number of carbonyl (C=O) groups excluding carboxylic acids is 2. The van der Waals surface area contributed by atoms with Gasteiger partial charge in [0, 0.05) is 37.0 Å². The highest BCUT2D eigenvalue weighted by atomic mass is 16.2. The quantitative estimate of drug-likeness (QED) is 0.313. The molecule has 3 aromatic carbocycles. The van der Waals surface area contributed by atoms with Crippen molar-refractivity contribution in [3.63, 3.8) is 0 Å². The van der Waals surface area contributed by atoms with Gasteiger partial charge in [-0.1, -0.05) is 69.2 Å². The number of hydrogen-bond acceptors (Lipinski definition) is 3. The number of benzene rings is 3. The van der Waals surface area contributed by atoms with Crippen LogP contribution in [0.3, 0.4) is 0 Å². The summed E-state index contributed by atoms with van der Waals surface area (Å²) in [5.74, 6) is -0.0351. The van der Waals surface area contributed by atoms with Gasteiger partial charge in [0.2, 0.25) is 5.91 Å². The molecule has 0 atom stereocenters. The van der Waals surface area contributed by atoms with Gasteiger partial charge >= 0.3 is 0 Å². The summed E-state index contributed by atoms with van der Waals surface area (Å²) in [5.41, 5.74) is 6.85. The Morgan fingerprint density at radius 2 is 1.65 bits per heavy atom. The minimum atomic E-state index is -0.140. The van der Waals surface area contributed by atoms with Gasteiger partial charge in [0.1, 0.15) is 0 Å². The molecule has 0 aliphatic carbocycles. The van der Waals surface area contributed by atoms with Crippen molar-refractivity contribution in [1.82, 2.24) is 4.90 Å². The molecule has 194 valence electrons. The summed E-state index contributed by atoms with van der Waals surface area (Å²) in [7, 11) is 1.79. The second-order valence-corrected chi connectivity index (χ2v) is 9.97. The maximum Gasteiger partial charge on any atom is 0.255 e. The van der Waals surface area contributed by atoms with Gasteiger partial charge in [-0.3, -0.25) is 14.5 Å². The zero-order valence-corrected chi connectivity index (χ0v) is 22.4. The van der Waals surface area contributed by atoms with E-state index in [4.69, 9.17) is 0 Å². The van der Waals surface area contributed by atoms with E-state index in [1.807, 2.05) is 30.3 Å². The Hall–Kier alpha value is -3.44. The number of carbonyl (C=O) groups is 2. The molecule has 0 bridgehead atoms. The zero-order chi connectivity index (χ0) is 26.2. The highest BCUT2D eigenvalue weighted by Gasteiger charge is 2.21. The molecular weight excluding hydrogens is 458 g/mol. The first-order valence-electron chi connectivity index (χ1n) is 13.6. The van der Waals surface area contributed by atoms with Gasteiger partial charge in [0.25, 0.3) is 5.91 Å². The van der Waals surface area contributed by atoms with Crippen LogP contribution in [0, 0.1) is 0 Å². The fraction of sp³-hybridized carbons (Fsp3) is 0.375. The van der Waals surface area contributed by atoms with Crippen LogP contribution in [-0.4, -0.2) is 36.9 Å². The monoisotopic (exact) mass is 497 g/mol. The maximum absolute atomic E-state index is 13.4. The summed E-state index contributed by atoms with van der Waals surface area (Å²) in [6.07, 6.45) is 5.93. The third kappa shape index (κ3) is 6.66. The van der Waals surface area contributed by atoms with Gasteiger partial charge in [-0.05, 0) is 78.9 Å². The molecule has 3 aromatic rings. The fourth-order valence-electron chi connectivity index (χ4n) is 4.95. The van der Waals surface area contributed by atoms with Crippen LogP contribution in [0.2, 0.25) is 0 Å². The summed E-state index contributed by atoms with van der Waals surface area (Å²) >= 11 is 0. The fourth-order valence-corrected chi connectivity index (χ4v) is 4.95. The molecule has 0 radical (unpaired) electrons. The van der Waals surface area contributed by atoms with Gasteiger partial charge in [-0.25, -0.2) is 0 Å². The van der Waals surface area contributed by atoms with Gasteiger partial charge in [-0.2, -0.15) is 0 Å². The van der Waals surface area contributed by atoms with Gasteiger partial charge in [0.15, 0.2) is 0 Å². The van der Waals surface area contributed by atoms with E-state index in [1.54, 1.807) is 11.9 Å². The minimum Gasteiger partial charge on any atom is -0.322 e. The van der Waals surface area contributed by atoms with E-state index in [-0.39, 0.29) is 11.8 Å². The average molecular weight is 498 g/mol. The van der Waals surface area contributed by atoms with Gasteiger partial charge in [-0.15, -0.1) is 0 Å². The predicted octanol–water partition coefficient (Wildman–Crippen LogP) is 6.92. The second-order valence-electron chi connectivity index (χ2n) is 9.97. The number of nitrogens with zero attached hydrogens (tertiary/aromatic N) is 2. The van der Waals surface area contributed by atoms with Crippen molar-refractivity contribution in [3.8, 4) is 11.1 Å². The van der Waals surface area contributed by atoms with Crippen LogP contribution < -0.4 is 10.2 Å². The van der Waals surface area contributed by atoms with E-state index in [0.717, 1.165) is 55.7 Å². The molecule has 0 unspecified atom stereocenters. The number of unbranched alkanes of at least 4 members (excludes halogenated alkanes) is 2. The molecule has 0 fully saturated rings. The van der Waals surface area contributed by atoms with Crippen molar-refractivity contribution in [2.24, 2.45) is 0 Å². The SMILES string of the molecule is CCCCN(CCCC)Cc1cc(C(=O)Nc2ccc3c(c2)N(C)C(=O)CC3)ccc1-c1ccccc1. The molecule has 37 heavy (non-hydrogen) atoms. The molecule has 0 aromatic heterocycles. The number of aryl methyl sites for hydroxylation is 1. The molecule has 1 N–H and O–H groups in total. The zero-order valence-electron chi connectivity index (χ0n) is 22.4. The second kappa shape index (κ2) is 12.7. The normalized spacial score (nSPS) is 13.1. The molecular formula is C32H39N3O2. The van der Waals surface area contributed by atoms with E-state index in [2.05, 4.69) is 60.5 Å². The maximum atomic E-state index is 13.4. The summed E-state index contributed by atoms with van der Waals surface area (Å²) in [6, 6.07) is 22.3. The van der Waals surface area contributed by atoms with Gasteiger partial charge in [0.05, 0.1) is 0 Å². The van der Waals surface area contributed by atoms with Crippen LogP contribution in [0.5, 0.6) is 0 Å². The van der Waals surface area contributed by atoms with Gasteiger partial charge < -0.3 is 10.2 Å². The van der Waals surface area contributed by atoms with Crippen LogP contribution in [-0.2, 0) is 17.8 Å². The average Bonchev–Trinajstić information content (AvgIpc) is 2.93. The Bertz CT molecular complexity index is 1210. The van der Waals surface area contributed by atoms with Crippen molar-refractivity contribution in [2.75, 3.05) is 30.4 Å². The van der Waals surface area contributed by atoms with Crippen molar-refractivity contribution in [2.45, 2.75) is 58.9 Å². The van der Waals surface area contributed by atoms with Crippen LogP contribution in [0.25, 0.3) is 11.1 Å². The van der Waals surface area contributed by atoms with Crippen LogP contribution in [0.1, 0.15) is 67.4 Å². The number of fused-ring (bicyclic) bond motifs is 1. The molecule has 4 rings (SSSR count). The summed E-state index contributed by atoms with van der Waals surface area (Å²) in [4.78, 5) is 29.7. The van der Waals surface area contributed by atoms with E-state index in [9.17, 15) is 9.59 Å². The van der Waals surface area contributed by atoms with Crippen molar-refractivity contribution < 1.29 is 9.59 Å². The highest BCUT2D eigenvalue weighted by Crippen LogP contribution is 2.30. The Labute approximate surface area is 221 Å². The molecule has 2 amide bonds. The lowest BCUT2D eigenvalue weighted by Gasteiger charge is -2.26. The molecule has 0 spiro atoms. The Kier molecular flexibility index (Phi) is 9.13. The molecule has 0 saturated heterocycles. The third-order valence-corrected chi connectivity index (χ3v) is 7.19. The molecule has 1 heterocycles. The molecule has 0 saturated carbocycles. The lowest BCUT2D eigenvalue weighted by atomic mass is 9.96. The van der Waals surface area contributed by atoms with E-state index < -0.39 is 0 Å². The third-order valence-electron chi connectivity index (χ3n) is 7.19. The number of nitrogens with one attached hydrogen (secondary N) is 1. The topological polar surface area (TPSA) is 52.7 Å². The Morgan fingerprint density at radius 1 is 0.919 bits per heavy atom. The predicted molar refractivity (Wildman–Crippen MR) is 153 cm³/mol.